The second-order valence-electron chi connectivity index (χ2n) is 8.35. The summed E-state index contributed by atoms with van der Waals surface area (Å²) in [4.78, 5) is 12.3. The van der Waals surface area contributed by atoms with Crippen LogP contribution in [0.1, 0.15) is 23.2 Å². The second kappa shape index (κ2) is 12.6. The van der Waals surface area contributed by atoms with Crippen molar-refractivity contribution in [2.45, 2.75) is 18.9 Å². The van der Waals surface area contributed by atoms with Crippen LogP contribution < -0.4 is 14.2 Å². The Bertz CT molecular complexity index is 923. The molecule has 1 fully saturated rings. The van der Waals surface area contributed by atoms with E-state index in [1.807, 2.05) is 0 Å². The van der Waals surface area contributed by atoms with Gasteiger partial charge in [0.05, 0.1) is 51.8 Å². The number of methoxy groups -OCH3 is 1. The molecule has 0 amide bonds. The molecule has 182 valence electrons. The van der Waals surface area contributed by atoms with Crippen molar-refractivity contribution in [2.24, 2.45) is 11.8 Å². The van der Waals surface area contributed by atoms with E-state index >= 15 is 0 Å². The summed E-state index contributed by atoms with van der Waals surface area (Å²) in [6.07, 6.45) is 7.39. The minimum atomic E-state index is -0.433. The number of hydrogen-bond acceptors (Lipinski definition) is 7. The molecule has 3 unspecified atom stereocenters. The van der Waals surface area contributed by atoms with E-state index < -0.39 is 5.97 Å². The van der Waals surface area contributed by atoms with Crippen molar-refractivity contribution in [1.29, 1.82) is 0 Å². The lowest BCUT2D eigenvalue weighted by Gasteiger charge is -2.18. The van der Waals surface area contributed by atoms with Crippen LogP contribution in [0.4, 0.5) is 0 Å². The van der Waals surface area contributed by atoms with Gasteiger partial charge in [-0.3, -0.25) is 0 Å². The Labute approximate surface area is 200 Å². The highest BCUT2D eigenvalue weighted by molar-refractivity contribution is 5.91. The van der Waals surface area contributed by atoms with E-state index in [4.69, 9.17) is 28.4 Å². The van der Waals surface area contributed by atoms with Gasteiger partial charge in [-0.1, -0.05) is 12.2 Å². The van der Waals surface area contributed by atoms with Gasteiger partial charge in [-0.2, -0.15) is 0 Å². The maximum absolute atomic E-state index is 12.3. The van der Waals surface area contributed by atoms with Crippen molar-refractivity contribution < 1.29 is 33.2 Å². The molecule has 0 aliphatic heterocycles. The Morgan fingerprint density at radius 2 is 1.41 bits per heavy atom. The number of carbonyl (C=O) groups is 1. The molecule has 34 heavy (non-hydrogen) atoms. The van der Waals surface area contributed by atoms with Crippen molar-refractivity contribution in [3.05, 3.63) is 66.2 Å². The quantitative estimate of drug-likeness (QED) is 0.177. The van der Waals surface area contributed by atoms with Crippen LogP contribution in [0, 0.1) is 11.8 Å². The zero-order valence-electron chi connectivity index (χ0n) is 19.5. The number of fused-ring (bicyclic) bond motifs is 2. The minimum absolute atomic E-state index is 0.375. The number of esters is 1. The molecule has 2 aromatic carbocycles. The highest BCUT2D eigenvalue weighted by atomic mass is 16.6. The van der Waals surface area contributed by atoms with Crippen LogP contribution in [0.2, 0.25) is 0 Å². The summed E-state index contributed by atoms with van der Waals surface area (Å²) < 4.78 is 33.1. The molecule has 3 atom stereocenters. The predicted octanol–water partition coefficient (Wildman–Crippen LogP) is 4.31. The van der Waals surface area contributed by atoms with Crippen molar-refractivity contribution in [3.8, 4) is 17.2 Å². The predicted molar refractivity (Wildman–Crippen MR) is 127 cm³/mol. The summed E-state index contributed by atoms with van der Waals surface area (Å²) in [5.41, 5.74) is 0.442. The fourth-order valence-corrected chi connectivity index (χ4v) is 4.22. The van der Waals surface area contributed by atoms with Crippen LogP contribution in [0.25, 0.3) is 0 Å². The van der Waals surface area contributed by atoms with E-state index in [1.165, 1.54) is 6.42 Å². The number of allylic oxidation sites excluding steroid dienone is 1. The standard InChI is InChI=1S/C27H32O7/c1-29-23-8-10-25(11-9-23)34-27(28)21-4-6-24(7-5-21)32-16-14-30-12-13-31-15-17-33-26-19-20-2-3-22(26)18-20/h2-11,20,22,26H,12-19H2,1H3. The van der Waals surface area contributed by atoms with Gasteiger partial charge in [0.1, 0.15) is 23.9 Å². The normalized spacial score (nSPS) is 20.4. The number of carbonyl (C=O) groups excluding carboxylic acids is 1. The van der Waals surface area contributed by atoms with Gasteiger partial charge in [-0.05, 0) is 67.3 Å². The van der Waals surface area contributed by atoms with Gasteiger partial charge in [0.15, 0.2) is 0 Å². The van der Waals surface area contributed by atoms with Gasteiger partial charge in [0, 0.05) is 5.92 Å². The smallest absolute Gasteiger partial charge is 0.343 e. The topological polar surface area (TPSA) is 72.5 Å². The van der Waals surface area contributed by atoms with E-state index in [9.17, 15) is 4.79 Å². The first-order valence-corrected chi connectivity index (χ1v) is 11.8. The van der Waals surface area contributed by atoms with Crippen LogP contribution in [0.5, 0.6) is 17.2 Å². The zero-order valence-corrected chi connectivity index (χ0v) is 19.5. The number of hydrogen-bond donors (Lipinski definition) is 0. The highest BCUT2D eigenvalue weighted by Gasteiger charge is 2.36. The third-order valence-electron chi connectivity index (χ3n) is 6.01. The van der Waals surface area contributed by atoms with Crippen LogP contribution in [0.3, 0.4) is 0 Å². The first kappa shape index (κ1) is 24.3. The molecule has 2 aliphatic rings. The molecule has 7 nitrogen and oxygen atoms in total. The highest BCUT2D eigenvalue weighted by Crippen LogP contribution is 2.40. The van der Waals surface area contributed by atoms with Crippen molar-refractivity contribution in [2.75, 3.05) is 46.8 Å². The molecule has 2 bridgehead atoms. The molecule has 0 saturated heterocycles. The summed E-state index contributed by atoms with van der Waals surface area (Å²) in [5, 5.41) is 0. The Balaban J connectivity index is 1.02. The van der Waals surface area contributed by atoms with E-state index in [2.05, 4.69) is 12.2 Å². The van der Waals surface area contributed by atoms with Crippen molar-refractivity contribution in [3.63, 3.8) is 0 Å². The molecule has 0 aromatic heterocycles. The Kier molecular flexibility index (Phi) is 8.96. The zero-order chi connectivity index (χ0) is 23.6. The Morgan fingerprint density at radius 3 is 2.06 bits per heavy atom. The molecule has 0 heterocycles. The van der Waals surface area contributed by atoms with Gasteiger partial charge in [-0.15, -0.1) is 0 Å². The summed E-state index contributed by atoms with van der Waals surface area (Å²) in [5.74, 6) is 2.72. The van der Waals surface area contributed by atoms with Crippen LogP contribution >= 0.6 is 0 Å². The molecular formula is C27H32O7. The SMILES string of the molecule is COc1ccc(OC(=O)c2ccc(OCCOCCOCCOC3CC4C=CC3C4)cc2)cc1. The van der Waals surface area contributed by atoms with Gasteiger partial charge >= 0.3 is 5.97 Å². The van der Waals surface area contributed by atoms with Gasteiger partial charge in [0.2, 0.25) is 0 Å². The van der Waals surface area contributed by atoms with Gasteiger partial charge in [0.25, 0.3) is 0 Å². The van der Waals surface area contributed by atoms with Crippen molar-refractivity contribution in [1.82, 2.24) is 0 Å². The fourth-order valence-electron chi connectivity index (χ4n) is 4.22. The molecule has 4 rings (SSSR count). The Hall–Kier alpha value is -2.87. The third kappa shape index (κ3) is 7.06. The van der Waals surface area contributed by atoms with Crippen LogP contribution in [-0.4, -0.2) is 58.8 Å². The molecular weight excluding hydrogens is 436 g/mol. The lowest BCUT2D eigenvalue weighted by molar-refractivity contribution is -0.0204. The molecule has 7 heteroatoms. The van der Waals surface area contributed by atoms with E-state index in [-0.39, 0.29) is 0 Å². The van der Waals surface area contributed by atoms with E-state index in [0.29, 0.717) is 74.5 Å². The van der Waals surface area contributed by atoms with Crippen molar-refractivity contribution >= 4 is 5.97 Å². The average molecular weight is 469 g/mol. The first-order valence-electron chi connectivity index (χ1n) is 11.8. The summed E-state index contributed by atoms with van der Waals surface area (Å²) in [7, 11) is 1.58. The summed E-state index contributed by atoms with van der Waals surface area (Å²) >= 11 is 0. The van der Waals surface area contributed by atoms with Crippen LogP contribution in [-0.2, 0) is 14.2 Å². The molecule has 0 N–H and O–H groups in total. The summed E-state index contributed by atoms with van der Waals surface area (Å²) in [6.45, 7) is 3.13. The minimum Gasteiger partial charge on any atom is -0.497 e. The second-order valence-corrected chi connectivity index (χ2v) is 8.35. The molecule has 2 aliphatic carbocycles. The molecule has 0 radical (unpaired) electrons. The molecule has 0 spiro atoms. The third-order valence-corrected chi connectivity index (χ3v) is 6.01. The summed E-state index contributed by atoms with van der Waals surface area (Å²) in [6, 6.07) is 13.7. The molecule has 2 aromatic rings. The maximum atomic E-state index is 12.3. The Morgan fingerprint density at radius 1 is 0.765 bits per heavy atom. The largest absolute Gasteiger partial charge is 0.497 e. The van der Waals surface area contributed by atoms with E-state index in [0.717, 1.165) is 12.3 Å². The lowest BCUT2D eigenvalue weighted by atomic mass is 10.1. The monoisotopic (exact) mass is 468 g/mol. The maximum Gasteiger partial charge on any atom is 0.343 e. The lowest BCUT2D eigenvalue weighted by Crippen LogP contribution is -2.21. The number of rotatable bonds is 14. The van der Waals surface area contributed by atoms with Gasteiger partial charge in [-0.25, -0.2) is 4.79 Å². The van der Waals surface area contributed by atoms with E-state index in [1.54, 1.807) is 55.6 Å². The fraction of sp³-hybridized carbons (Fsp3) is 0.444. The molecule has 1 saturated carbocycles. The van der Waals surface area contributed by atoms with Gasteiger partial charge < -0.3 is 28.4 Å². The number of benzene rings is 2. The first-order chi connectivity index (χ1) is 16.7. The van der Waals surface area contributed by atoms with Crippen LogP contribution in [0.15, 0.2) is 60.7 Å². The average Bonchev–Trinajstić information content (AvgIpc) is 3.49. The number of ether oxygens (including phenoxy) is 6.